The van der Waals surface area contributed by atoms with E-state index in [2.05, 4.69) is 16.0 Å². The van der Waals surface area contributed by atoms with Crippen molar-refractivity contribution in [3.05, 3.63) is 53.3 Å². The first-order valence-electron chi connectivity index (χ1n) is 8.06. The summed E-state index contributed by atoms with van der Waals surface area (Å²) in [7, 11) is 0. The summed E-state index contributed by atoms with van der Waals surface area (Å²) in [5.41, 5.74) is 10.9. The number of amides is 1. The number of pyridine rings is 1. The van der Waals surface area contributed by atoms with Gasteiger partial charge in [-0.1, -0.05) is 18.2 Å². The van der Waals surface area contributed by atoms with Crippen molar-refractivity contribution < 1.29 is 10.9 Å². The van der Waals surface area contributed by atoms with E-state index in [0.29, 0.717) is 19.3 Å². The van der Waals surface area contributed by atoms with Gasteiger partial charge in [0.05, 0.1) is 21.0 Å². The largest absolute Gasteiger partial charge is 0.376 e. The summed E-state index contributed by atoms with van der Waals surface area (Å²) in [6.07, 6.45) is 4.55. The summed E-state index contributed by atoms with van der Waals surface area (Å²) in [4.78, 5) is 18.7. The number of nitrogens with one attached hydrogen (secondary N) is 1. The fourth-order valence-corrected chi connectivity index (χ4v) is 3.00. The number of benzene rings is 1. The van der Waals surface area contributed by atoms with E-state index >= 15 is 0 Å². The van der Waals surface area contributed by atoms with Gasteiger partial charge in [0.2, 0.25) is 5.91 Å². The molecule has 0 saturated carbocycles. The Hall–Kier alpha value is -2.66. The third-order valence-corrected chi connectivity index (χ3v) is 4.20. The first-order valence-corrected chi connectivity index (χ1v) is 7.56. The molecule has 23 heavy (non-hydrogen) atoms. The average Bonchev–Trinajstić information content (AvgIpc) is 2.96. The van der Waals surface area contributed by atoms with Crippen LogP contribution in [0, 0.1) is 0 Å². The summed E-state index contributed by atoms with van der Waals surface area (Å²) >= 11 is 0. The molecular weight excluding hydrogens is 290 g/mol. The smallest absolute Gasteiger partial charge is 0.221 e. The quantitative estimate of drug-likeness (QED) is 0.779. The predicted octanol–water partition coefficient (Wildman–Crippen LogP) is 2.33. The molecule has 3 aromatic rings. The summed E-state index contributed by atoms with van der Waals surface area (Å²) in [5, 5.41) is 0.888. The number of primary amides is 1. The molecule has 116 valence electrons. The number of aromatic amines is 1. The molecule has 0 fully saturated rings. The van der Waals surface area contributed by atoms with Gasteiger partial charge < -0.3 is 15.5 Å². The Bertz CT molecular complexity index is 949. The third-order valence-electron chi connectivity index (χ3n) is 4.20. The standard InChI is InChI=1S/C18H17N3O2/c19-17(22)7-15-9-21-18-16(15)6-14(8-20-18)11-1-2-13-10-23-4-3-12(13)5-11/h1-2,5-6,8-9H,3-4,7,10H2,(H2,19,22)(H,20,21)/i2D. The number of hydrogen-bond acceptors (Lipinski definition) is 3. The van der Waals surface area contributed by atoms with Crippen molar-refractivity contribution in [3.63, 3.8) is 0 Å². The molecule has 1 aliphatic rings. The highest BCUT2D eigenvalue weighted by molar-refractivity contribution is 5.89. The molecule has 0 unspecified atom stereocenters. The first kappa shape index (κ1) is 12.8. The van der Waals surface area contributed by atoms with E-state index < -0.39 is 0 Å². The van der Waals surface area contributed by atoms with Crippen LogP contribution in [0.3, 0.4) is 0 Å². The molecule has 0 atom stereocenters. The Morgan fingerprint density at radius 1 is 1.39 bits per heavy atom. The third kappa shape index (κ3) is 2.59. The summed E-state index contributed by atoms with van der Waals surface area (Å²) in [6.45, 7) is 1.19. The van der Waals surface area contributed by atoms with Gasteiger partial charge in [-0.15, -0.1) is 0 Å². The van der Waals surface area contributed by atoms with Crippen molar-refractivity contribution >= 4 is 16.9 Å². The molecule has 3 heterocycles. The van der Waals surface area contributed by atoms with Gasteiger partial charge in [0.25, 0.3) is 0 Å². The lowest BCUT2D eigenvalue weighted by Crippen LogP contribution is -2.13. The number of aromatic nitrogens is 2. The van der Waals surface area contributed by atoms with Gasteiger partial charge >= 0.3 is 0 Å². The number of nitrogens with zero attached hydrogens (tertiary/aromatic N) is 1. The van der Waals surface area contributed by atoms with Crippen LogP contribution in [0.2, 0.25) is 0 Å². The Morgan fingerprint density at radius 2 is 2.30 bits per heavy atom. The number of carbonyl (C=O) groups excluding carboxylic acids is 1. The van der Waals surface area contributed by atoms with Crippen molar-refractivity contribution in [1.82, 2.24) is 9.97 Å². The molecule has 4 rings (SSSR count). The second-order valence-corrected chi connectivity index (χ2v) is 5.77. The molecule has 3 N–H and O–H groups in total. The van der Waals surface area contributed by atoms with Gasteiger partial charge in [0, 0.05) is 23.3 Å². The Kier molecular flexibility index (Phi) is 3.08. The molecule has 1 aliphatic heterocycles. The van der Waals surface area contributed by atoms with E-state index in [1.54, 1.807) is 12.4 Å². The highest BCUT2D eigenvalue weighted by Gasteiger charge is 2.12. The molecule has 0 radical (unpaired) electrons. The first-order chi connectivity index (χ1) is 11.6. The second-order valence-electron chi connectivity index (χ2n) is 5.77. The van der Waals surface area contributed by atoms with Gasteiger partial charge in [-0.25, -0.2) is 4.98 Å². The monoisotopic (exact) mass is 308 g/mol. The van der Waals surface area contributed by atoms with Crippen LogP contribution in [-0.2, 0) is 29.0 Å². The van der Waals surface area contributed by atoms with Crippen LogP contribution < -0.4 is 5.73 Å². The minimum Gasteiger partial charge on any atom is -0.376 e. The zero-order valence-electron chi connectivity index (χ0n) is 13.6. The number of nitrogens with two attached hydrogens (primary N) is 1. The topological polar surface area (TPSA) is 81.0 Å². The highest BCUT2D eigenvalue weighted by atomic mass is 16.5. The molecular formula is C18H17N3O2. The van der Waals surface area contributed by atoms with Gasteiger partial charge in [-0.3, -0.25) is 4.79 Å². The van der Waals surface area contributed by atoms with Crippen LogP contribution in [0.5, 0.6) is 0 Å². The molecule has 0 bridgehead atoms. The SMILES string of the molecule is [2H]c1cc(-c2cnc3[nH]cc(CC(N)=O)c3c2)cc2c1COCC2. The fraction of sp³-hybridized carbons (Fsp3) is 0.222. The molecule has 0 spiro atoms. The van der Waals surface area contributed by atoms with E-state index in [4.69, 9.17) is 11.8 Å². The van der Waals surface area contributed by atoms with Crippen LogP contribution in [0.1, 0.15) is 18.1 Å². The zero-order valence-corrected chi connectivity index (χ0v) is 12.6. The minimum absolute atomic E-state index is 0.177. The highest BCUT2D eigenvalue weighted by Crippen LogP contribution is 2.28. The fourth-order valence-electron chi connectivity index (χ4n) is 3.00. The van der Waals surface area contributed by atoms with E-state index in [9.17, 15) is 4.79 Å². The number of H-pyrrole nitrogens is 1. The number of fused-ring (bicyclic) bond motifs is 2. The molecule has 0 aliphatic carbocycles. The predicted molar refractivity (Wildman–Crippen MR) is 87.8 cm³/mol. The molecule has 5 nitrogen and oxygen atoms in total. The minimum atomic E-state index is -0.372. The van der Waals surface area contributed by atoms with E-state index in [1.807, 2.05) is 12.1 Å². The van der Waals surface area contributed by atoms with Crippen molar-refractivity contribution in [3.8, 4) is 11.1 Å². The van der Waals surface area contributed by atoms with Gasteiger partial charge in [-0.2, -0.15) is 0 Å². The number of hydrogen-bond donors (Lipinski definition) is 2. The number of ether oxygens (including phenoxy) is 1. The molecule has 0 saturated heterocycles. The van der Waals surface area contributed by atoms with Crippen LogP contribution in [0.25, 0.3) is 22.2 Å². The van der Waals surface area contributed by atoms with Gasteiger partial charge in [-0.05, 0) is 34.7 Å². The Labute approximate surface area is 134 Å². The van der Waals surface area contributed by atoms with Gasteiger partial charge in [0.1, 0.15) is 5.65 Å². The average molecular weight is 308 g/mol. The maximum atomic E-state index is 11.2. The zero-order chi connectivity index (χ0) is 16.7. The maximum Gasteiger partial charge on any atom is 0.221 e. The van der Waals surface area contributed by atoms with Crippen molar-refractivity contribution in [2.24, 2.45) is 5.73 Å². The Balaban J connectivity index is 1.81. The molecule has 1 amide bonds. The van der Waals surface area contributed by atoms with Crippen LogP contribution in [0.15, 0.2) is 36.6 Å². The van der Waals surface area contributed by atoms with Crippen LogP contribution in [0.4, 0.5) is 0 Å². The normalized spacial score (nSPS) is 14.5. The van der Waals surface area contributed by atoms with Crippen LogP contribution >= 0.6 is 0 Å². The molecule has 5 heteroatoms. The van der Waals surface area contributed by atoms with Gasteiger partial charge in [0.15, 0.2) is 0 Å². The molecule has 1 aromatic carbocycles. The number of carbonyl (C=O) groups is 1. The van der Waals surface area contributed by atoms with Crippen molar-refractivity contribution in [2.45, 2.75) is 19.4 Å². The lowest BCUT2D eigenvalue weighted by Gasteiger charge is -2.17. The summed E-state index contributed by atoms with van der Waals surface area (Å²) in [5.74, 6) is -0.372. The van der Waals surface area contributed by atoms with E-state index in [0.717, 1.165) is 45.3 Å². The van der Waals surface area contributed by atoms with Crippen LogP contribution in [-0.4, -0.2) is 22.5 Å². The van der Waals surface area contributed by atoms with Crippen molar-refractivity contribution in [1.29, 1.82) is 0 Å². The second kappa shape index (κ2) is 5.52. The Morgan fingerprint density at radius 3 is 3.17 bits per heavy atom. The lowest BCUT2D eigenvalue weighted by molar-refractivity contribution is -0.117. The molecule has 2 aromatic heterocycles. The van der Waals surface area contributed by atoms with E-state index in [1.165, 1.54) is 0 Å². The van der Waals surface area contributed by atoms with E-state index in [-0.39, 0.29) is 12.3 Å². The lowest BCUT2D eigenvalue weighted by atomic mass is 9.97. The van der Waals surface area contributed by atoms with Crippen molar-refractivity contribution in [2.75, 3.05) is 6.61 Å². The summed E-state index contributed by atoms with van der Waals surface area (Å²) in [6, 6.07) is 6.45. The summed E-state index contributed by atoms with van der Waals surface area (Å²) < 4.78 is 13.7. The maximum absolute atomic E-state index is 11.2. The number of rotatable bonds is 3.